The van der Waals surface area contributed by atoms with Crippen LogP contribution in [0.15, 0.2) is 36.0 Å². The molecule has 0 heterocycles. The summed E-state index contributed by atoms with van der Waals surface area (Å²) in [7, 11) is 4.02. The van der Waals surface area contributed by atoms with Crippen molar-refractivity contribution < 1.29 is 35.8 Å². The monoisotopic (exact) mass is 187 g/mol. The van der Waals surface area contributed by atoms with Gasteiger partial charge in [-0.2, -0.15) is 0 Å². The molecule has 1 aliphatic carbocycles. The zero-order valence-electron chi connectivity index (χ0n) is 9.45. The first-order valence-electron chi connectivity index (χ1n) is 3.93. The van der Waals surface area contributed by atoms with Crippen LogP contribution in [0.3, 0.4) is 0 Å². The summed E-state index contributed by atoms with van der Waals surface area (Å²) in [5.41, 5.74) is 1.10. The SMILES string of the molecule is CN(C)CC=C1C=CC(=O)C=C1.[H-].[Na+]. The van der Waals surface area contributed by atoms with Gasteiger partial charge in [0.1, 0.15) is 0 Å². The topological polar surface area (TPSA) is 20.3 Å². The molecule has 0 radical (unpaired) electrons. The number of ketones is 1. The van der Waals surface area contributed by atoms with Gasteiger partial charge in [0.25, 0.3) is 0 Å². The summed E-state index contributed by atoms with van der Waals surface area (Å²) >= 11 is 0. The minimum Gasteiger partial charge on any atom is -1.00 e. The van der Waals surface area contributed by atoms with Crippen LogP contribution >= 0.6 is 0 Å². The van der Waals surface area contributed by atoms with Crippen molar-refractivity contribution in [3.05, 3.63) is 36.0 Å². The smallest absolute Gasteiger partial charge is 1.00 e. The van der Waals surface area contributed by atoms with Crippen molar-refractivity contribution in [2.75, 3.05) is 20.6 Å². The molecule has 0 spiro atoms. The Kier molecular flexibility index (Phi) is 6.25. The number of hydrogen-bond acceptors (Lipinski definition) is 2. The number of allylic oxidation sites excluding steroid dienone is 5. The van der Waals surface area contributed by atoms with Gasteiger partial charge < -0.3 is 6.33 Å². The molecule has 3 heteroatoms. The van der Waals surface area contributed by atoms with E-state index in [2.05, 4.69) is 11.0 Å². The minimum atomic E-state index is 0. The van der Waals surface area contributed by atoms with E-state index in [4.69, 9.17) is 0 Å². The molecule has 0 bridgehead atoms. The Hall–Kier alpha value is -0.150. The molecule has 1 rings (SSSR count). The Bertz CT molecular complexity index is 251. The van der Waals surface area contributed by atoms with Crippen LogP contribution < -0.4 is 29.6 Å². The summed E-state index contributed by atoms with van der Waals surface area (Å²) < 4.78 is 0. The predicted molar refractivity (Wildman–Crippen MR) is 51.0 cm³/mol. The van der Waals surface area contributed by atoms with Crippen LogP contribution in [0.5, 0.6) is 0 Å². The molecule has 0 aromatic heterocycles. The zero-order valence-corrected chi connectivity index (χ0v) is 10.4. The average molecular weight is 187 g/mol. The summed E-state index contributed by atoms with van der Waals surface area (Å²) in [6.07, 6.45) is 8.93. The van der Waals surface area contributed by atoms with Crippen molar-refractivity contribution in [2.24, 2.45) is 0 Å². The molecule has 0 aromatic carbocycles. The summed E-state index contributed by atoms with van der Waals surface area (Å²) in [5.74, 6) is 0.0667. The molecular formula is C10H14NNaO. The fourth-order valence-electron chi connectivity index (χ4n) is 0.892. The van der Waals surface area contributed by atoms with Crippen molar-refractivity contribution in [3.63, 3.8) is 0 Å². The van der Waals surface area contributed by atoms with Gasteiger partial charge >= 0.3 is 29.6 Å². The maximum atomic E-state index is 10.7. The molecule has 0 fully saturated rings. The van der Waals surface area contributed by atoms with Crippen molar-refractivity contribution in [1.29, 1.82) is 0 Å². The molecule has 0 amide bonds. The van der Waals surface area contributed by atoms with Crippen molar-refractivity contribution in [1.82, 2.24) is 4.90 Å². The van der Waals surface area contributed by atoms with Gasteiger partial charge in [-0.15, -0.1) is 0 Å². The van der Waals surface area contributed by atoms with E-state index in [0.29, 0.717) is 0 Å². The van der Waals surface area contributed by atoms with Crippen molar-refractivity contribution >= 4 is 5.78 Å². The Morgan fingerprint density at radius 1 is 1.31 bits per heavy atom. The Balaban J connectivity index is 0. The number of carbonyl (C=O) groups excluding carboxylic acids is 1. The summed E-state index contributed by atoms with van der Waals surface area (Å²) in [5, 5.41) is 0. The normalized spacial score (nSPS) is 14.7. The second-order valence-corrected chi connectivity index (χ2v) is 3.04. The molecule has 66 valence electrons. The fourth-order valence-corrected chi connectivity index (χ4v) is 0.892. The van der Waals surface area contributed by atoms with Crippen LogP contribution in [0.1, 0.15) is 1.43 Å². The first-order chi connectivity index (χ1) is 5.68. The van der Waals surface area contributed by atoms with Gasteiger partial charge in [-0.05, 0) is 31.8 Å². The molecule has 0 unspecified atom stereocenters. The second kappa shape index (κ2) is 6.33. The van der Waals surface area contributed by atoms with E-state index in [1.807, 2.05) is 26.2 Å². The molecule has 0 aliphatic heterocycles. The van der Waals surface area contributed by atoms with E-state index in [9.17, 15) is 4.79 Å². The average Bonchev–Trinajstić information content (AvgIpc) is 2.03. The van der Waals surface area contributed by atoms with Crippen LogP contribution in [-0.2, 0) is 4.79 Å². The number of rotatable bonds is 2. The minimum absolute atomic E-state index is 0. The van der Waals surface area contributed by atoms with Crippen LogP contribution in [0, 0.1) is 0 Å². The van der Waals surface area contributed by atoms with E-state index >= 15 is 0 Å². The van der Waals surface area contributed by atoms with Crippen LogP contribution in [0.25, 0.3) is 0 Å². The van der Waals surface area contributed by atoms with Gasteiger partial charge in [0.15, 0.2) is 5.78 Å². The molecule has 0 N–H and O–H groups in total. The Labute approximate surface area is 103 Å². The third-order valence-corrected chi connectivity index (χ3v) is 1.57. The third kappa shape index (κ3) is 5.21. The van der Waals surface area contributed by atoms with Crippen molar-refractivity contribution in [3.8, 4) is 0 Å². The summed E-state index contributed by atoms with van der Waals surface area (Å²) in [6, 6.07) is 0. The van der Waals surface area contributed by atoms with E-state index in [0.717, 1.165) is 12.1 Å². The van der Waals surface area contributed by atoms with Gasteiger partial charge in [0.2, 0.25) is 0 Å². The fraction of sp³-hybridized carbons (Fsp3) is 0.300. The van der Waals surface area contributed by atoms with E-state index in [1.54, 1.807) is 12.2 Å². The number of nitrogens with zero attached hydrogens (tertiary/aromatic N) is 1. The molecule has 0 atom stereocenters. The maximum absolute atomic E-state index is 10.7. The van der Waals surface area contributed by atoms with Gasteiger partial charge in [0.05, 0.1) is 0 Å². The molecular weight excluding hydrogens is 173 g/mol. The predicted octanol–water partition coefficient (Wildman–Crippen LogP) is -1.71. The Morgan fingerprint density at radius 2 is 1.85 bits per heavy atom. The third-order valence-electron chi connectivity index (χ3n) is 1.57. The first-order valence-corrected chi connectivity index (χ1v) is 3.93. The van der Waals surface area contributed by atoms with Crippen LogP contribution in [0.4, 0.5) is 0 Å². The first kappa shape index (κ1) is 12.8. The van der Waals surface area contributed by atoms with E-state index in [-0.39, 0.29) is 36.8 Å². The molecule has 1 aliphatic rings. The van der Waals surface area contributed by atoms with E-state index in [1.165, 1.54) is 0 Å². The Morgan fingerprint density at radius 3 is 2.31 bits per heavy atom. The molecule has 2 nitrogen and oxygen atoms in total. The molecule has 0 saturated heterocycles. The van der Waals surface area contributed by atoms with Gasteiger partial charge in [-0.3, -0.25) is 4.79 Å². The summed E-state index contributed by atoms with van der Waals surface area (Å²) in [6.45, 7) is 0.901. The largest absolute Gasteiger partial charge is 1.00 e. The quantitative estimate of drug-likeness (QED) is 0.480. The standard InChI is InChI=1S/C10H13NO.Na.H/c1-11(2)8-7-9-3-5-10(12)6-4-9;;/h3-7H,8H2,1-2H3;;/q;+1;-1. The number of hydrogen-bond donors (Lipinski definition) is 0. The molecule has 13 heavy (non-hydrogen) atoms. The number of carbonyl (C=O) groups is 1. The maximum Gasteiger partial charge on any atom is 1.00 e. The van der Waals surface area contributed by atoms with Crippen LogP contribution in [-0.4, -0.2) is 31.3 Å². The van der Waals surface area contributed by atoms with Gasteiger partial charge in [-0.25, -0.2) is 0 Å². The van der Waals surface area contributed by atoms with Crippen molar-refractivity contribution in [2.45, 2.75) is 0 Å². The second-order valence-electron chi connectivity index (χ2n) is 3.04. The summed E-state index contributed by atoms with van der Waals surface area (Å²) in [4.78, 5) is 12.8. The molecule has 0 saturated carbocycles. The zero-order chi connectivity index (χ0) is 8.97. The molecule has 0 aromatic rings. The van der Waals surface area contributed by atoms with Gasteiger partial charge in [-0.1, -0.05) is 18.2 Å². The van der Waals surface area contributed by atoms with Gasteiger partial charge in [0, 0.05) is 6.54 Å². The van der Waals surface area contributed by atoms with Crippen LogP contribution in [0.2, 0.25) is 0 Å². The van der Waals surface area contributed by atoms with E-state index < -0.39 is 0 Å². The number of likely N-dealkylation sites (N-methyl/N-ethyl adjacent to an activating group) is 1.